The van der Waals surface area contributed by atoms with Crippen LogP contribution < -0.4 is 5.73 Å². The number of hydrogen-bond acceptors (Lipinski definition) is 5. The summed E-state index contributed by atoms with van der Waals surface area (Å²) >= 11 is 0. The lowest BCUT2D eigenvalue weighted by Gasteiger charge is -2.34. The maximum absolute atomic E-state index is 12.4. The Bertz CT molecular complexity index is 524. The summed E-state index contributed by atoms with van der Waals surface area (Å²) in [4.78, 5) is 31.2. The van der Waals surface area contributed by atoms with Crippen LogP contribution in [0.3, 0.4) is 0 Å². The number of nitrogen functional groups attached to an aromatic ring is 1. The Morgan fingerprint density at radius 3 is 2.45 bits per heavy atom. The van der Waals surface area contributed by atoms with Crippen molar-refractivity contribution in [1.29, 1.82) is 0 Å². The highest BCUT2D eigenvalue weighted by Crippen LogP contribution is 2.14. The number of aryl methyl sites for hydroxylation is 1. The highest BCUT2D eigenvalue weighted by Gasteiger charge is 2.26. The molecule has 7 nitrogen and oxygen atoms in total. The summed E-state index contributed by atoms with van der Waals surface area (Å²) in [6, 6.07) is 1.64. The number of rotatable bonds is 1. The fourth-order valence-corrected chi connectivity index (χ4v) is 2.16. The van der Waals surface area contributed by atoms with Gasteiger partial charge in [0.05, 0.1) is 30.3 Å². The van der Waals surface area contributed by atoms with Crippen LogP contribution in [0.15, 0.2) is 12.3 Å². The van der Waals surface area contributed by atoms with Gasteiger partial charge in [0, 0.05) is 26.2 Å². The second-order valence-corrected chi connectivity index (χ2v) is 4.65. The van der Waals surface area contributed by atoms with Gasteiger partial charge in [-0.05, 0) is 13.0 Å². The topological polar surface area (TPSA) is 88.8 Å². The van der Waals surface area contributed by atoms with Crippen molar-refractivity contribution in [2.75, 3.05) is 39.0 Å². The molecule has 1 aromatic heterocycles. The molecule has 2 rings (SSSR count). The third-order valence-corrected chi connectivity index (χ3v) is 3.34. The van der Waals surface area contributed by atoms with E-state index in [9.17, 15) is 9.59 Å². The largest absolute Gasteiger partial charge is 0.453 e. The number of aromatic nitrogens is 1. The van der Waals surface area contributed by atoms with Gasteiger partial charge in [-0.15, -0.1) is 0 Å². The van der Waals surface area contributed by atoms with E-state index in [0.29, 0.717) is 43.1 Å². The molecule has 0 unspecified atom stereocenters. The number of pyridine rings is 1. The lowest BCUT2D eigenvalue weighted by molar-refractivity contribution is 0.0598. The summed E-state index contributed by atoms with van der Waals surface area (Å²) in [5, 5.41) is 0. The lowest BCUT2D eigenvalue weighted by atomic mass is 10.1. The maximum atomic E-state index is 12.4. The van der Waals surface area contributed by atoms with Gasteiger partial charge in [-0.3, -0.25) is 9.78 Å². The Balaban J connectivity index is 2.05. The molecule has 108 valence electrons. The van der Waals surface area contributed by atoms with Crippen LogP contribution in [0.4, 0.5) is 10.5 Å². The van der Waals surface area contributed by atoms with Crippen molar-refractivity contribution in [3.8, 4) is 0 Å². The Morgan fingerprint density at radius 2 is 1.85 bits per heavy atom. The summed E-state index contributed by atoms with van der Waals surface area (Å²) < 4.78 is 4.66. The Labute approximate surface area is 117 Å². The summed E-state index contributed by atoms with van der Waals surface area (Å²) in [6.07, 6.45) is 1.17. The predicted octanol–water partition coefficient (Wildman–Crippen LogP) is 0.496. The molecule has 0 saturated carbocycles. The van der Waals surface area contributed by atoms with E-state index in [-0.39, 0.29) is 12.0 Å². The van der Waals surface area contributed by atoms with E-state index in [1.54, 1.807) is 22.8 Å². The molecular formula is C13H18N4O3. The number of methoxy groups -OCH3 is 1. The number of ether oxygens (including phenoxy) is 1. The molecule has 1 aromatic rings. The zero-order valence-corrected chi connectivity index (χ0v) is 11.6. The zero-order valence-electron chi connectivity index (χ0n) is 11.6. The van der Waals surface area contributed by atoms with Gasteiger partial charge in [-0.1, -0.05) is 0 Å². The minimum atomic E-state index is -0.362. The van der Waals surface area contributed by atoms with Crippen LogP contribution in [0.2, 0.25) is 0 Å². The molecule has 0 atom stereocenters. The van der Waals surface area contributed by atoms with Gasteiger partial charge in [-0.25, -0.2) is 4.79 Å². The Hall–Kier alpha value is -2.31. The minimum Gasteiger partial charge on any atom is -0.453 e. The zero-order chi connectivity index (χ0) is 14.7. The minimum absolute atomic E-state index is 0.105. The van der Waals surface area contributed by atoms with E-state index in [1.807, 2.05) is 0 Å². The molecule has 20 heavy (non-hydrogen) atoms. The SMILES string of the molecule is COC(=O)N1CCN(C(=O)c2cc(N)cnc2C)CC1. The van der Waals surface area contributed by atoms with Gasteiger partial charge < -0.3 is 20.3 Å². The van der Waals surface area contributed by atoms with Gasteiger partial charge in [0.15, 0.2) is 0 Å². The first-order valence-corrected chi connectivity index (χ1v) is 6.37. The van der Waals surface area contributed by atoms with Crippen LogP contribution in [-0.4, -0.2) is 60.1 Å². The number of nitrogens with two attached hydrogens (primary N) is 1. The smallest absolute Gasteiger partial charge is 0.409 e. The Morgan fingerprint density at radius 1 is 1.25 bits per heavy atom. The molecule has 2 heterocycles. The first-order chi connectivity index (χ1) is 9.52. The van der Waals surface area contributed by atoms with Crippen molar-refractivity contribution >= 4 is 17.7 Å². The first kappa shape index (κ1) is 14.1. The van der Waals surface area contributed by atoms with E-state index < -0.39 is 0 Å². The monoisotopic (exact) mass is 278 g/mol. The molecule has 1 aliphatic rings. The van der Waals surface area contributed by atoms with E-state index in [4.69, 9.17) is 5.73 Å². The standard InChI is InChI=1S/C13H18N4O3/c1-9-11(7-10(14)8-15-9)12(18)16-3-5-17(6-4-16)13(19)20-2/h7-8H,3-6,14H2,1-2H3. The molecule has 2 amide bonds. The lowest BCUT2D eigenvalue weighted by Crippen LogP contribution is -2.50. The number of anilines is 1. The normalized spacial score (nSPS) is 15.1. The molecule has 0 spiro atoms. The van der Waals surface area contributed by atoms with E-state index in [1.165, 1.54) is 13.3 Å². The van der Waals surface area contributed by atoms with Crippen LogP contribution in [0.5, 0.6) is 0 Å². The summed E-state index contributed by atoms with van der Waals surface area (Å²) in [7, 11) is 1.35. The van der Waals surface area contributed by atoms with Crippen LogP contribution in [-0.2, 0) is 4.74 Å². The van der Waals surface area contributed by atoms with Gasteiger partial charge in [0.25, 0.3) is 5.91 Å². The summed E-state index contributed by atoms with van der Waals surface area (Å²) in [5.74, 6) is -0.105. The average molecular weight is 278 g/mol. The fourth-order valence-electron chi connectivity index (χ4n) is 2.16. The molecule has 1 saturated heterocycles. The molecule has 0 radical (unpaired) electrons. The second kappa shape index (κ2) is 5.77. The van der Waals surface area contributed by atoms with Gasteiger partial charge in [-0.2, -0.15) is 0 Å². The van der Waals surface area contributed by atoms with E-state index in [0.717, 1.165) is 0 Å². The van der Waals surface area contributed by atoms with Gasteiger partial charge in [0.2, 0.25) is 0 Å². The fraction of sp³-hybridized carbons (Fsp3) is 0.462. The second-order valence-electron chi connectivity index (χ2n) is 4.65. The first-order valence-electron chi connectivity index (χ1n) is 6.37. The quantitative estimate of drug-likeness (QED) is 0.808. The third kappa shape index (κ3) is 2.81. The number of nitrogens with zero attached hydrogens (tertiary/aromatic N) is 3. The molecule has 7 heteroatoms. The molecule has 0 bridgehead atoms. The van der Waals surface area contributed by atoms with Crippen LogP contribution in [0, 0.1) is 6.92 Å². The number of amides is 2. The Kier molecular flexibility index (Phi) is 4.07. The molecule has 0 aliphatic carbocycles. The number of hydrogen-bond donors (Lipinski definition) is 1. The van der Waals surface area contributed by atoms with Crippen LogP contribution in [0.1, 0.15) is 16.1 Å². The predicted molar refractivity (Wildman–Crippen MR) is 73.3 cm³/mol. The highest BCUT2D eigenvalue weighted by molar-refractivity contribution is 5.96. The molecule has 1 fully saturated rings. The highest BCUT2D eigenvalue weighted by atomic mass is 16.5. The van der Waals surface area contributed by atoms with Gasteiger partial charge >= 0.3 is 6.09 Å². The summed E-state index contributed by atoms with van der Waals surface area (Å²) in [5.41, 5.74) is 7.30. The van der Waals surface area contributed by atoms with E-state index >= 15 is 0 Å². The number of carbonyl (C=O) groups excluding carboxylic acids is 2. The molecule has 2 N–H and O–H groups in total. The molecule has 1 aliphatic heterocycles. The van der Waals surface area contributed by atoms with Crippen molar-refractivity contribution in [3.05, 3.63) is 23.5 Å². The maximum Gasteiger partial charge on any atom is 0.409 e. The summed E-state index contributed by atoms with van der Waals surface area (Å²) in [6.45, 7) is 3.65. The number of piperazine rings is 1. The molecule has 0 aromatic carbocycles. The van der Waals surface area contributed by atoms with Crippen molar-refractivity contribution in [1.82, 2.24) is 14.8 Å². The van der Waals surface area contributed by atoms with Crippen molar-refractivity contribution in [3.63, 3.8) is 0 Å². The molecular weight excluding hydrogens is 260 g/mol. The van der Waals surface area contributed by atoms with Crippen molar-refractivity contribution < 1.29 is 14.3 Å². The number of carbonyl (C=O) groups is 2. The van der Waals surface area contributed by atoms with Crippen molar-refractivity contribution in [2.24, 2.45) is 0 Å². The third-order valence-electron chi connectivity index (χ3n) is 3.34. The van der Waals surface area contributed by atoms with E-state index in [2.05, 4.69) is 9.72 Å². The van der Waals surface area contributed by atoms with Crippen molar-refractivity contribution in [2.45, 2.75) is 6.92 Å². The van der Waals surface area contributed by atoms with Crippen LogP contribution in [0.25, 0.3) is 0 Å². The average Bonchev–Trinajstić information content (AvgIpc) is 2.48. The van der Waals surface area contributed by atoms with Gasteiger partial charge in [0.1, 0.15) is 0 Å². The van der Waals surface area contributed by atoms with Crippen LogP contribution >= 0.6 is 0 Å².